The van der Waals surface area contributed by atoms with Crippen LogP contribution in [0.4, 0.5) is 17.2 Å². The number of nitrogens with zero attached hydrogens (tertiary/aromatic N) is 2. The number of nitriles is 1. The minimum atomic E-state index is -3.65. The monoisotopic (exact) mass is 350 g/mol. The maximum absolute atomic E-state index is 12.3. The second kappa shape index (κ2) is 7.03. The number of para-hydroxylation sites is 1. The molecule has 0 aliphatic rings. The minimum Gasteiger partial charge on any atom is -0.339 e. The average Bonchev–Trinajstić information content (AvgIpc) is 2.64. The van der Waals surface area contributed by atoms with Gasteiger partial charge in [0.25, 0.3) is 10.0 Å². The van der Waals surface area contributed by atoms with Gasteiger partial charge in [0, 0.05) is 0 Å². The van der Waals surface area contributed by atoms with E-state index < -0.39 is 10.0 Å². The van der Waals surface area contributed by atoms with Crippen molar-refractivity contribution in [3.05, 3.63) is 78.5 Å². The van der Waals surface area contributed by atoms with Gasteiger partial charge < -0.3 is 5.32 Å². The zero-order chi connectivity index (χ0) is 17.7. The average molecular weight is 350 g/mol. The number of aromatic nitrogens is 1. The molecule has 0 aliphatic carbocycles. The van der Waals surface area contributed by atoms with Crippen molar-refractivity contribution in [3.8, 4) is 6.07 Å². The molecule has 0 saturated carbocycles. The van der Waals surface area contributed by atoms with Crippen molar-refractivity contribution in [2.45, 2.75) is 4.90 Å². The van der Waals surface area contributed by atoms with Crippen molar-refractivity contribution in [1.82, 2.24) is 4.98 Å². The van der Waals surface area contributed by atoms with E-state index in [-0.39, 0.29) is 4.90 Å². The second-order valence-corrected chi connectivity index (χ2v) is 6.82. The lowest BCUT2D eigenvalue weighted by molar-refractivity contribution is 0.601. The van der Waals surface area contributed by atoms with Crippen LogP contribution in [-0.4, -0.2) is 13.4 Å². The Morgan fingerprint density at radius 1 is 0.920 bits per heavy atom. The number of sulfonamides is 1. The molecular weight excluding hydrogens is 336 g/mol. The largest absolute Gasteiger partial charge is 0.339 e. The number of rotatable bonds is 5. The van der Waals surface area contributed by atoms with E-state index in [1.54, 1.807) is 48.5 Å². The van der Waals surface area contributed by atoms with Gasteiger partial charge in [0.15, 0.2) is 0 Å². The summed E-state index contributed by atoms with van der Waals surface area (Å²) in [5, 5.41) is 12.1. The third-order valence-electron chi connectivity index (χ3n) is 3.38. The van der Waals surface area contributed by atoms with Crippen LogP contribution in [0.15, 0.2) is 77.8 Å². The van der Waals surface area contributed by atoms with Gasteiger partial charge in [0.05, 0.1) is 28.0 Å². The quantitative estimate of drug-likeness (QED) is 0.734. The fraction of sp³-hybridized carbons (Fsp3) is 0. The Balaban J connectivity index is 1.76. The van der Waals surface area contributed by atoms with E-state index in [1.807, 2.05) is 6.07 Å². The topological polar surface area (TPSA) is 94.9 Å². The Labute approximate surface area is 145 Å². The summed E-state index contributed by atoms with van der Waals surface area (Å²) in [6, 6.07) is 20.5. The molecule has 0 amide bonds. The lowest BCUT2D eigenvalue weighted by atomic mass is 10.2. The van der Waals surface area contributed by atoms with Crippen LogP contribution < -0.4 is 10.0 Å². The number of nitrogens with one attached hydrogen (secondary N) is 2. The first kappa shape index (κ1) is 16.5. The summed E-state index contributed by atoms with van der Waals surface area (Å²) in [6.07, 6.45) is 1.41. The van der Waals surface area contributed by atoms with Crippen LogP contribution in [0.25, 0.3) is 0 Å². The van der Waals surface area contributed by atoms with Crippen molar-refractivity contribution in [3.63, 3.8) is 0 Å². The van der Waals surface area contributed by atoms with Crippen LogP contribution in [0.1, 0.15) is 5.56 Å². The van der Waals surface area contributed by atoms with Gasteiger partial charge in [-0.15, -0.1) is 0 Å². The van der Waals surface area contributed by atoms with Crippen molar-refractivity contribution >= 4 is 27.2 Å². The van der Waals surface area contributed by atoms with E-state index in [4.69, 9.17) is 5.26 Å². The molecule has 2 aromatic carbocycles. The molecule has 6 nitrogen and oxygen atoms in total. The lowest BCUT2D eigenvalue weighted by Gasteiger charge is -2.10. The molecule has 1 aromatic heterocycles. The summed E-state index contributed by atoms with van der Waals surface area (Å²) >= 11 is 0. The molecule has 0 radical (unpaired) electrons. The number of pyridine rings is 1. The van der Waals surface area contributed by atoms with Gasteiger partial charge in [-0.1, -0.05) is 30.3 Å². The Bertz CT molecular complexity index is 1010. The molecule has 0 aliphatic heterocycles. The van der Waals surface area contributed by atoms with Crippen LogP contribution in [0.5, 0.6) is 0 Å². The maximum Gasteiger partial charge on any atom is 0.261 e. The summed E-state index contributed by atoms with van der Waals surface area (Å²) in [7, 11) is -3.65. The van der Waals surface area contributed by atoms with Gasteiger partial charge in [-0.05, 0) is 36.4 Å². The third kappa shape index (κ3) is 3.94. The molecule has 3 rings (SSSR count). The highest BCUT2D eigenvalue weighted by atomic mass is 32.2. The fourth-order valence-electron chi connectivity index (χ4n) is 2.17. The Hall–Kier alpha value is -3.37. The highest BCUT2D eigenvalue weighted by molar-refractivity contribution is 7.92. The molecule has 0 saturated heterocycles. The minimum absolute atomic E-state index is 0.181. The van der Waals surface area contributed by atoms with Crippen LogP contribution in [-0.2, 0) is 10.0 Å². The van der Waals surface area contributed by atoms with E-state index in [1.165, 1.54) is 18.3 Å². The van der Waals surface area contributed by atoms with Crippen molar-refractivity contribution in [2.75, 3.05) is 10.0 Å². The van der Waals surface area contributed by atoms with Gasteiger partial charge in [0.1, 0.15) is 11.9 Å². The van der Waals surface area contributed by atoms with E-state index in [2.05, 4.69) is 21.1 Å². The van der Waals surface area contributed by atoms with Gasteiger partial charge in [-0.25, -0.2) is 13.4 Å². The molecule has 0 bridgehead atoms. The highest BCUT2D eigenvalue weighted by Crippen LogP contribution is 2.21. The van der Waals surface area contributed by atoms with E-state index in [0.29, 0.717) is 22.8 Å². The molecule has 124 valence electrons. The molecule has 1 heterocycles. The van der Waals surface area contributed by atoms with Crippen LogP contribution in [0.2, 0.25) is 0 Å². The first-order valence-corrected chi connectivity index (χ1v) is 8.87. The standard InChI is InChI=1S/C18H14N4O2S/c19-12-14-6-4-5-9-17(14)21-18-11-10-15(13-20-18)22-25(23,24)16-7-2-1-3-8-16/h1-11,13,22H,(H,20,21). The molecule has 25 heavy (non-hydrogen) atoms. The normalized spacial score (nSPS) is 10.7. The molecule has 0 spiro atoms. The number of anilines is 3. The molecule has 7 heteroatoms. The summed E-state index contributed by atoms with van der Waals surface area (Å²) in [4.78, 5) is 4.36. The second-order valence-electron chi connectivity index (χ2n) is 5.13. The molecule has 0 fully saturated rings. The van der Waals surface area contributed by atoms with Crippen LogP contribution in [0.3, 0.4) is 0 Å². The maximum atomic E-state index is 12.3. The predicted octanol–water partition coefficient (Wildman–Crippen LogP) is 3.50. The van der Waals surface area contributed by atoms with E-state index >= 15 is 0 Å². The van der Waals surface area contributed by atoms with Crippen LogP contribution in [0, 0.1) is 11.3 Å². The van der Waals surface area contributed by atoms with Crippen molar-refractivity contribution in [1.29, 1.82) is 5.26 Å². The van der Waals surface area contributed by atoms with Gasteiger partial charge in [0.2, 0.25) is 0 Å². The number of benzene rings is 2. The summed E-state index contributed by atoms with van der Waals surface area (Å²) in [5.41, 5.74) is 1.48. The number of hydrogen-bond acceptors (Lipinski definition) is 5. The number of hydrogen-bond donors (Lipinski definition) is 2. The zero-order valence-corrected chi connectivity index (χ0v) is 13.9. The van der Waals surface area contributed by atoms with Crippen molar-refractivity contribution < 1.29 is 8.42 Å². The van der Waals surface area contributed by atoms with Gasteiger partial charge >= 0.3 is 0 Å². The Kier molecular flexibility index (Phi) is 4.64. The van der Waals surface area contributed by atoms with Gasteiger partial charge in [-0.2, -0.15) is 5.26 Å². The van der Waals surface area contributed by atoms with E-state index in [9.17, 15) is 8.42 Å². The highest BCUT2D eigenvalue weighted by Gasteiger charge is 2.13. The smallest absolute Gasteiger partial charge is 0.261 e. The Morgan fingerprint density at radius 2 is 1.64 bits per heavy atom. The summed E-state index contributed by atoms with van der Waals surface area (Å²) < 4.78 is 27.0. The molecule has 3 aromatic rings. The molecule has 2 N–H and O–H groups in total. The lowest BCUT2D eigenvalue weighted by Crippen LogP contribution is -2.13. The SMILES string of the molecule is N#Cc1ccccc1Nc1ccc(NS(=O)(=O)c2ccccc2)cn1. The fourth-order valence-corrected chi connectivity index (χ4v) is 3.23. The predicted molar refractivity (Wildman–Crippen MR) is 95.9 cm³/mol. The first-order chi connectivity index (χ1) is 12.1. The first-order valence-electron chi connectivity index (χ1n) is 7.38. The Morgan fingerprint density at radius 3 is 2.32 bits per heavy atom. The molecule has 0 unspecified atom stereocenters. The summed E-state index contributed by atoms with van der Waals surface area (Å²) in [5.74, 6) is 0.505. The van der Waals surface area contributed by atoms with Crippen molar-refractivity contribution in [2.24, 2.45) is 0 Å². The molecule has 0 atom stereocenters. The summed E-state index contributed by atoms with van der Waals surface area (Å²) in [6.45, 7) is 0. The zero-order valence-electron chi connectivity index (χ0n) is 13.0. The third-order valence-corrected chi connectivity index (χ3v) is 4.78. The van der Waals surface area contributed by atoms with Gasteiger partial charge in [-0.3, -0.25) is 4.72 Å². The molecular formula is C18H14N4O2S. The van der Waals surface area contributed by atoms with E-state index in [0.717, 1.165) is 0 Å². The van der Waals surface area contributed by atoms with Crippen LogP contribution >= 0.6 is 0 Å².